The fraction of sp³-hybridized carbons (Fsp3) is 0.304. The number of carbonyl (C=O) groups is 1. The Morgan fingerprint density at radius 1 is 1.21 bits per heavy atom. The highest BCUT2D eigenvalue weighted by atomic mass is 16.1. The highest BCUT2D eigenvalue weighted by Crippen LogP contribution is 2.28. The molecule has 0 saturated heterocycles. The molecule has 0 bridgehead atoms. The molecule has 5 heteroatoms. The Morgan fingerprint density at radius 2 is 2.11 bits per heavy atom. The van der Waals surface area contributed by atoms with Crippen molar-refractivity contribution in [3.05, 3.63) is 76.3 Å². The van der Waals surface area contributed by atoms with Gasteiger partial charge in [-0.25, -0.2) is 4.68 Å². The summed E-state index contributed by atoms with van der Waals surface area (Å²) in [4.78, 5) is 29.1. The van der Waals surface area contributed by atoms with Gasteiger partial charge in [-0.15, -0.1) is 0 Å². The summed E-state index contributed by atoms with van der Waals surface area (Å²) < 4.78 is 1.29. The van der Waals surface area contributed by atoms with Gasteiger partial charge in [0.25, 0.3) is 5.56 Å². The van der Waals surface area contributed by atoms with Crippen molar-refractivity contribution in [2.24, 2.45) is 5.92 Å². The summed E-state index contributed by atoms with van der Waals surface area (Å²) in [7, 11) is 0. The predicted octanol–water partition coefficient (Wildman–Crippen LogP) is 3.81. The van der Waals surface area contributed by atoms with Gasteiger partial charge in [-0.05, 0) is 54.5 Å². The maximum atomic E-state index is 12.6. The van der Waals surface area contributed by atoms with E-state index in [1.807, 2.05) is 30.3 Å². The lowest BCUT2D eigenvalue weighted by Crippen LogP contribution is -2.27. The Balaban J connectivity index is 1.50. The van der Waals surface area contributed by atoms with Crippen LogP contribution in [0.2, 0.25) is 0 Å². The van der Waals surface area contributed by atoms with E-state index in [1.54, 1.807) is 12.3 Å². The molecule has 2 aromatic heterocycles. The molecule has 142 valence electrons. The molecule has 0 radical (unpaired) electrons. The fourth-order valence-corrected chi connectivity index (χ4v) is 3.60. The molecule has 1 aliphatic carbocycles. The van der Waals surface area contributed by atoms with Crippen molar-refractivity contribution in [2.75, 3.05) is 0 Å². The molecule has 28 heavy (non-hydrogen) atoms. The van der Waals surface area contributed by atoms with Gasteiger partial charge in [-0.1, -0.05) is 31.2 Å². The minimum Gasteiger partial charge on any atom is -0.297 e. The van der Waals surface area contributed by atoms with E-state index in [0.717, 1.165) is 41.4 Å². The molecule has 1 aromatic carbocycles. The van der Waals surface area contributed by atoms with E-state index in [0.29, 0.717) is 5.92 Å². The van der Waals surface area contributed by atoms with Gasteiger partial charge < -0.3 is 0 Å². The highest BCUT2D eigenvalue weighted by Gasteiger charge is 2.14. The summed E-state index contributed by atoms with van der Waals surface area (Å²) in [5.74, 6) is 0.640. The number of nitrogens with zero attached hydrogens (tertiary/aromatic N) is 3. The zero-order valence-electron chi connectivity index (χ0n) is 16.0. The van der Waals surface area contributed by atoms with Gasteiger partial charge in [-0.3, -0.25) is 14.6 Å². The van der Waals surface area contributed by atoms with Crippen LogP contribution < -0.4 is 5.56 Å². The zero-order chi connectivity index (χ0) is 19.5. The molecule has 0 fully saturated rings. The van der Waals surface area contributed by atoms with Crippen LogP contribution in [0.5, 0.6) is 0 Å². The minimum atomic E-state index is -0.248. The maximum absolute atomic E-state index is 12.6. The fourth-order valence-electron chi connectivity index (χ4n) is 3.60. The lowest BCUT2D eigenvalue weighted by atomic mass is 9.90. The number of allylic oxidation sites excluding steroid dienone is 2. The third kappa shape index (κ3) is 4.09. The van der Waals surface area contributed by atoms with Crippen molar-refractivity contribution in [1.29, 1.82) is 0 Å². The Hall–Kier alpha value is -3.08. The molecule has 1 atom stereocenters. The van der Waals surface area contributed by atoms with Crippen LogP contribution in [0, 0.1) is 5.92 Å². The summed E-state index contributed by atoms with van der Waals surface area (Å²) in [5, 5.41) is 5.50. The van der Waals surface area contributed by atoms with Crippen molar-refractivity contribution in [2.45, 2.75) is 39.2 Å². The topological polar surface area (TPSA) is 64.8 Å². The first-order valence-corrected chi connectivity index (χ1v) is 9.71. The Morgan fingerprint density at radius 3 is 2.93 bits per heavy atom. The standard InChI is InChI=1S/C23H23N3O2/c1-16-4-7-19(8-5-16)21-10-11-23(28)26(25-21)15-20(27)13-17-6-9-18-3-2-12-24-22(18)14-17/h2-3,6-7,9-12,14,16H,4-5,8,13,15H2,1H3. The summed E-state index contributed by atoms with van der Waals surface area (Å²) >= 11 is 0. The first-order valence-electron chi connectivity index (χ1n) is 9.71. The number of pyridine rings is 1. The van der Waals surface area contributed by atoms with E-state index in [1.165, 1.54) is 16.3 Å². The first-order chi connectivity index (χ1) is 13.6. The first kappa shape index (κ1) is 18.3. The molecule has 3 aromatic rings. The van der Waals surface area contributed by atoms with Gasteiger partial charge in [0.05, 0.1) is 11.2 Å². The summed E-state index contributed by atoms with van der Waals surface area (Å²) in [6.45, 7) is 2.22. The number of fused-ring (bicyclic) bond motifs is 1. The van der Waals surface area contributed by atoms with Gasteiger partial charge in [0.1, 0.15) is 6.54 Å². The van der Waals surface area contributed by atoms with E-state index < -0.39 is 0 Å². The summed E-state index contributed by atoms with van der Waals surface area (Å²) in [5.41, 5.74) is 3.48. The van der Waals surface area contributed by atoms with Gasteiger partial charge in [0, 0.05) is 24.1 Å². The summed E-state index contributed by atoms with van der Waals surface area (Å²) in [6.07, 6.45) is 7.32. The molecule has 2 heterocycles. The molecule has 4 rings (SSSR count). The number of ketones is 1. The van der Waals surface area contributed by atoms with Crippen LogP contribution >= 0.6 is 0 Å². The monoisotopic (exact) mass is 373 g/mol. The number of hydrogen-bond donors (Lipinski definition) is 0. The molecule has 5 nitrogen and oxygen atoms in total. The lowest BCUT2D eigenvalue weighted by Gasteiger charge is -2.18. The van der Waals surface area contributed by atoms with Crippen molar-refractivity contribution >= 4 is 22.3 Å². The lowest BCUT2D eigenvalue weighted by molar-refractivity contribution is -0.119. The maximum Gasteiger partial charge on any atom is 0.267 e. The quantitative estimate of drug-likeness (QED) is 0.682. The minimum absolute atomic E-state index is 0.0173. The number of hydrogen-bond acceptors (Lipinski definition) is 4. The third-order valence-corrected chi connectivity index (χ3v) is 5.27. The summed E-state index contributed by atoms with van der Waals surface area (Å²) in [6, 6.07) is 13.0. The second kappa shape index (κ2) is 7.89. The molecule has 0 aliphatic heterocycles. The van der Waals surface area contributed by atoms with Gasteiger partial charge in [0.2, 0.25) is 0 Å². The second-order valence-corrected chi connectivity index (χ2v) is 7.57. The molecule has 0 N–H and O–H groups in total. The SMILES string of the molecule is CC1CC=C(c2ccc(=O)n(CC(=O)Cc3ccc4cccnc4c3)n2)CC1. The van der Waals surface area contributed by atoms with Crippen LogP contribution in [0.25, 0.3) is 16.5 Å². The highest BCUT2D eigenvalue weighted by molar-refractivity contribution is 5.84. The smallest absolute Gasteiger partial charge is 0.267 e. The van der Waals surface area contributed by atoms with E-state index in [-0.39, 0.29) is 24.3 Å². The van der Waals surface area contributed by atoms with E-state index >= 15 is 0 Å². The van der Waals surface area contributed by atoms with Crippen molar-refractivity contribution in [3.8, 4) is 0 Å². The largest absolute Gasteiger partial charge is 0.297 e. The van der Waals surface area contributed by atoms with E-state index in [9.17, 15) is 9.59 Å². The van der Waals surface area contributed by atoms with Crippen LogP contribution in [-0.2, 0) is 17.8 Å². The predicted molar refractivity (Wildman–Crippen MR) is 110 cm³/mol. The van der Waals surface area contributed by atoms with Gasteiger partial charge >= 0.3 is 0 Å². The molecule has 0 amide bonds. The molecular weight excluding hydrogens is 350 g/mol. The molecule has 0 saturated carbocycles. The average Bonchev–Trinajstić information content (AvgIpc) is 2.70. The van der Waals surface area contributed by atoms with Crippen LogP contribution in [0.15, 0.2) is 59.5 Å². The van der Waals surface area contributed by atoms with Crippen molar-refractivity contribution in [3.63, 3.8) is 0 Å². The van der Waals surface area contributed by atoms with Gasteiger partial charge in [0.15, 0.2) is 5.78 Å². The van der Waals surface area contributed by atoms with Crippen molar-refractivity contribution < 1.29 is 4.79 Å². The molecule has 1 aliphatic rings. The van der Waals surface area contributed by atoms with Gasteiger partial charge in [-0.2, -0.15) is 5.10 Å². The number of Topliss-reactive ketones (excluding diaryl/α,β-unsaturated/α-hetero) is 1. The number of aromatic nitrogens is 3. The Bertz CT molecular complexity index is 1110. The molecule has 1 unspecified atom stereocenters. The normalized spacial score (nSPS) is 16.8. The van der Waals surface area contributed by atoms with Crippen molar-refractivity contribution in [1.82, 2.24) is 14.8 Å². The number of carbonyl (C=O) groups excluding carboxylic acids is 1. The molecular formula is C23H23N3O2. The average molecular weight is 373 g/mol. The Kier molecular flexibility index (Phi) is 5.15. The Labute approximate surface area is 163 Å². The number of rotatable bonds is 5. The second-order valence-electron chi connectivity index (χ2n) is 7.57. The van der Waals surface area contributed by atoms with Crippen LogP contribution in [-0.4, -0.2) is 20.5 Å². The molecule has 0 spiro atoms. The van der Waals surface area contributed by atoms with Crippen LogP contribution in [0.1, 0.15) is 37.4 Å². The van der Waals surface area contributed by atoms with Crippen LogP contribution in [0.4, 0.5) is 0 Å². The zero-order valence-corrected chi connectivity index (χ0v) is 16.0. The van der Waals surface area contributed by atoms with Crippen LogP contribution in [0.3, 0.4) is 0 Å². The van der Waals surface area contributed by atoms with E-state index in [4.69, 9.17) is 0 Å². The third-order valence-electron chi connectivity index (χ3n) is 5.27. The van der Waals surface area contributed by atoms with E-state index in [2.05, 4.69) is 23.1 Å². The number of benzene rings is 1.